The highest BCUT2D eigenvalue weighted by atomic mass is 35.5. The van der Waals surface area contributed by atoms with Gasteiger partial charge in [0, 0.05) is 17.0 Å². The van der Waals surface area contributed by atoms with E-state index in [1.165, 1.54) is 5.56 Å². The van der Waals surface area contributed by atoms with Crippen LogP contribution in [0.5, 0.6) is 0 Å². The van der Waals surface area contributed by atoms with E-state index in [1.54, 1.807) is 0 Å². The molecule has 0 saturated heterocycles. The van der Waals surface area contributed by atoms with Crippen molar-refractivity contribution in [3.05, 3.63) is 34.9 Å². The molecule has 3 heteroatoms. The fourth-order valence-electron chi connectivity index (χ4n) is 1.70. The third kappa shape index (κ3) is 1.98. The molecule has 2 rings (SSSR count). The molecule has 0 aliphatic heterocycles. The fraction of sp³-hybridized carbons (Fsp3) is 0.400. The molecule has 0 amide bonds. The highest BCUT2D eigenvalue weighted by Crippen LogP contribution is 2.45. The zero-order chi connectivity index (χ0) is 8.72. The van der Waals surface area contributed by atoms with Crippen molar-refractivity contribution in [1.29, 1.82) is 0 Å². The number of rotatable bonds is 1. The minimum atomic E-state index is 0. The van der Waals surface area contributed by atoms with E-state index in [0.717, 1.165) is 5.02 Å². The summed E-state index contributed by atoms with van der Waals surface area (Å²) < 4.78 is 0. The van der Waals surface area contributed by atoms with Gasteiger partial charge in [-0.1, -0.05) is 30.7 Å². The summed E-state index contributed by atoms with van der Waals surface area (Å²) >= 11 is 5.78. The molecule has 13 heavy (non-hydrogen) atoms. The summed E-state index contributed by atoms with van der Waals surface area (Å²) in [6.07, 6.45) is 0. The van der Waals surface area contributed by atoms with Crippen molar-refractivity contribution in [1.82, 2.24) is 0 Å². The zero-order valence-corrected chi connectivity index (χ0v) is 8.98. The fourth-order valence-corrected chi connectivity index (χ4v) is 1.83. The molecule has 72 valence electrons. The van der Waals surface area contributed by atoms with Crippen LogP contribution >= 0.6 is 24.0 Å². The molecular formula is C10H13Cl2N. The first-order valence-electron chi connectivity index (χ1n) is 4.21. The van der Waals surface area contributed by atoms with Crippen molar-refractivity contribution in [2.75, 3.05) is 0 Å². The molecule has 1 fully saturated rings. The van der Waals surface area contributed by atoms with Gasteiger partial charge in [-0.15, -0.1) is 12.4 Å². The Labute approximate surface area is 89.7 Å². The van der Waals surface area contributed by atoms with Crippen LogP contribution in [0, 0.1) is 5.92 Å². The number of hydrogen-bond donors (Lipinski definition) is 1. The molecule has 0 aromatic heterocycles. The maximum atomic E-state index is 5.85. The van der Waals surface area contributed by atoms with Gasteiger partial charge in [0.25, 0.3) is 0 Å². The molecule has 1 aliphatic carbocycles. The lowest BCUT2D eigenvalue weighted by Crippen LogP contribution is -2.02. The van der Waals surface area contributed by atoms with Gasteiger partial charge in [-0.25, -0.2) is 0 Å². The van der Waals surface area contributed by atoms with E-state index in [0.29, 0.717) is 17.9 Å². The monoisotopic (exact) mass is 217 g/mol. The molecule has 1 saturated carbocycles. The molecule has 0 radical (unpaired) electrons. The Kier molecular flexibility index (Phi) is 3.23. The van der Waals surface area contributed by atoms with Gasteiger partial charge in [0.05, 0.1) is 0 Å². The van der Waals surface area contributed by atoms with Crippen molar-refractivity contribution in [2.45, 2.75) is 18.9 Å². The summed E-state index contributed by atoms with van der Waals surface area (Å²) in [7, 11) is 0. The van der Waals surface area contributed by atoms with Crippen molar-refractivity contribution in [3.63, 3.8) is 0 Å². The van der Waals surface area contributed by atoms with Gasteiger partial charge in [0.1, 0.15) is 0 Å². The van der Waals surface area contributed by atoms with Gasteiger partial charge in [-0.2, -0.15) is 0 Å². The molecular weight excluding hydrogens is 205 g/mol. The third-order valence-electron chi connectivity index (χ3n) is 2.70. The highest BCUT2D eigenvalue weighted by Gasteiger charge is 2.44. The quantitative estimate of drug-likeness (QED) is 0.770. The van der Waals surface area contributed by atoms with Gasteiger partial charge in [-0.3, -0.25) is 0 Å². The summed E-state index contributed by atoms with van der Waals surface area (Å²) in [6, 6.07) is 8.34. The van der Waals surface area contributed by atoms with Crippen LogP contribution in [0.2, 0.25) is 5.02 Å². The summed E-state index contributed by atoms with van der Waals surface area (Å²) in [5.74, 6) is 1.19. The molecule has 3 unspecified atom stereocenters. The van der Waals surface area contributed by atoms with E-state index >= 15 is 0 Å². The summed E-state index contributed by atoms with van der Waals surface area (Å²) in [5.41, 5.74) is 7.17. The SMILES string of the molecule is CC1C(N)C1c1ccc(Cl)cc1.Cl. The first-order valence-corrected chi connectivity index (χ1v) is 4.59. The smallest absolute Gasteiger partial charge is 0.0406 e. The summed E-state index contributed by atoms with van der Waals surface area (Å²) in [6.45, 7) is 2.18. The van der Waals surface area contributed by atoms with Crippen LogP contribution in [0.3, 0.4) is 0 Å². The van der Waals surface area contributed by atoms with Gasteiger partial charge in [-0.05, 0) is 23.6 Å². The van der Waals surface area contributed by atoms with E-state index in [4.69, 9.17) is 17.3 Å². The molecule has 0 spiro atoms. The molecule has 0 bridgehead atoms. The van der Waals surface area contributed by atoms with E-state index in [9.17, 15) is 0 Å². The van der Waals surface area contributed by atoms with Gasteiger partial charge in [0.15, 0.2) is 0 Å². The van der Waals surface area contributed by atoms with Crippen molar-refractivity contribution < 1.29 is 0 Å². The molecule has 0 heterocycles. The lowest BCUT2D eigenvalue weighted by Gasteiger charge is -1.97. The van der Waals surface area contributed by atoms with Crippen LogP contribution in [-0.4, -0.2) is 6.04 Å². The lowest BCUT2D eigenvalue weighted by atomic mass is 10.1. The lowest BCUT2D eigenvalue weighted by molar-refractivity contribution is 0.885. The van der Waals surface area contributed by atoms with Crippen molar-refractivity contribution in [3.8, 4) is 0 Å². The maximum Gasteiger partial charge on any atom is 0.0406 e. The van der Waals surface area contributed by atoms with Crippen LogP contribution in [-0.2, 0) is 0 Å². The van der Waals surface area contributed by atoms with Crippen LogP contribution in [0.4, 0.5) is 0 Å². The Morgan fingerprint density at radius 3 is 2.08 bits per heavy atom. The van der Waals surface area contributed by atoms with Crippen molar-refractivity contribution in [2.24, 2.45) is 11.7 Å². The molecule has 1 aromatic rings. The van der Waals surface area contributed by atoms with Gasteiger partial charge >= 0.3 is 0 Å². The first kappa shape index (κ1) is 10.8. The minimum Gasteiger partial charge on any atom is -0.327 e. The second kappa shape index (κ2) is 3.87. The highest BCUT2D eigenvalue weighted by molar-refractivity contribution is 6.30. The van der Waals surface area contributed by atoms with E-state index in [2.05, 4.69) is 19.1 Å². The molecule has 2 N–H and O–H groups in total. The van der Waals surface area contributed by atoms with E-state index in [1.807, 2.05) is 12.1 Å². The predicted octanol–water partition coefficient (Wildman–Crippen LogP) is 2.82. The Morgan fingerprint density at radius 1 is 1.23 bits per heavy atom. The van der Waals surface area contributed by atoms with Crippen LogP contribution in [0.25, 0.3) is 0 Å². The Balaban J connectivity index is 0.000000845. The Bertz CT molecular complexity index is 275. The summed E-state index contributed by atoms with van der Waals surface area (Å²) in [5, 5.41) is 0.792. The van der Waals surface area contributed by atoms with Gasteiger partial charge < -0.3 is 5.73 Å². The standard InChI is InChI=1S/C10H12ClN.ClH/c1-6-9(10(6)12)7-2-4-8(11)5-3-7;/h2-6,9-10H,12H2,1H3;1H. The average Bonchev–Trinajstić information content (AvgIpc) is 2.63. The molecule has 1 aliphatic rings. The largest absolute Gasteiger partial charge is 0.327 e. The van der Waals surface area contributed by atoms with Crippen LogP contribution < -0.4 is 5.73 Å². The topological polar surface area (TPSA) is 26.0 Å². The number of nitrogens with two attached hydrogens (primary N) is 1. The van der Waals surface area contributed by atoms with E-state index in [-0.39, 0.29) is 12.4 Å². The first-order chi connectivity index (χ1) is 5.70. The average molecular weight is 218 g/mol. The van der Waals surface area contributed by atoms with Crippen LogP contribution in [0.15, 0.2) is 24.3 Å². The Hall–Kier alpha value is -0.240. The zero-order valence-electron chi connectivity index (χ0n) is 7.41. The molecule has 3 atom stereocenters. The second-order valence-corrected chi connectivity index (χ2v) is 3.95. The minimum absolute atomic E-state index is 0. The normalized spacial score (nSPS) is 30.8. The van der Waals surface area contributed by atoms with Crippen molar-refractivity contribution >= 4 is 24.0 Å². The van der Waals surface area contributed by atoms with E-state index < -0.39 is 0 Å². The van der Waals surface area contributed by atoms with Crippen LogP contribution in [0.1, 0.15) is 18.4 Å². The second-order valence-electron chi connectivity index (χ2n) is 3.51. The third-order valence-corrected chi connectivity index (χ3v) is 2.95. The molecule has 1 nitrogen and oxygen atoms in total. The maximum absolute atomic E-state index is 5.85. The summed E-state index contributed by atoms with van der Waals surface area (Å²) in [4.78, 5) is 0. The Morgan fingerprint density at radius 2 is 1.69 bits per heavy atom. The predicted molar refractivity (Wildman–Crippen MR) is 58.6 cm³/mol. The number of halogens is 2. The molecule has 1 aromatic carbocycles. The number of hydrogen-bond acceptors (Lipinski definition) is 1. The number of benzene rings is 1. The van der Waals surface area contributed by atoms with Gasteiger partial charge in [0.2, 0.25) is 0 Å².